The molecule has 8 heteroatoms. The molecule has 96 valence electrons. The lowest BCUT2D eigenvalue weighted by Gasteiger charge is -2.28. The van der Waals surface area contributed by atoms with Crippen molar-refractivity contribution in [1.29, 1.82) is 0 Å². The van der Waals surface area contributed by atoms with E-state index < -0.39 is 31.3 Å². The summed E-state index contributed by atoms with van der Waals surface area (Å²) in [4.78, 5) is 11.8. The summed E-state index contributed by atoms with van der Waals surface area (Å²) >= 11 is 12.5. The van der Waals surface area contributed by atoms with Gasteiger partial charge in [-0.25, -0.2) is 0 Å². The lowest BCUT2D eigenvalue weighted by Crippen LogP contribution is -2.57. The van der Waals surface area contributed by atoms with Crippen LogP contribution in [0, 0.1) is 0 Å². The summed E-state index contributed by atoms with van der Waals surface area (Å²) in [5.74, 6) is -0.615. The molecule has 0 aliphatic carbocycles. The molecular formula is C9H11Cl2NO4S. The van der Waals surface area contributed by atoms with E-state index in [-0.39, 0.29) is 9.90 Å². The third-order valence-electron chi connectivity index (χ3n) is 2.19. The van der Waals surface area contributed by atoms with Gasteiger partial charge in [-0.15, -0.1) is 11.3 Å². The minimum absolute atomic E-state index is 0.140. The fraction of sp³-hybridized carbons (Fsp3) is 0.444. The zero-order valence-electron chi connectivity index (χ0n) is 8.61. The average Bonchev–Trinajstić information content (AvgIpc) is 2.65. The molecule has 4 N–H and O–H groups in total. The van der Waals surface area contributed by atoms with Gasteiger partial charge in [-0.2, -0.15) is 0 Å². The number of hydrogen-bond acceptors (Lipinski definition) is 5. The molecule has 1 rings (SSSR count). The molecule has 1 heterocycles. The van der Waals surface area contributed by atoms with E-state index in [2.05, 4.69) is 5.32 Å². The van der Waals surface area contributed by atoms with Crippen LogP contribution < -0.4 is 5.32 Å². The Morgan fingerprint density at radius 3 is 2.18 bits per heavy atom. The molecule has 0 bridgehead atoms. The van der Waals surface area contributed by atoms with E-state index >= 15 is 0 Å². The summed E-state index contributed by atoms with van der Waals surface area (Å²) in [5.41, 5.74) is -1.34. The zero-order chi connectivity index (χ0) is 13.1. The SMILES string of the molecule is O=C(NC(CO)(CO)CO)c1cc(Cl)sc1Cl. The lowest BCUT2D eigenvalue weighted by molar-refractivity contribution is 0.0375. The van der Waals surface area contributed by atoms with Gasteiger partial charge in [0.1, 0.15) is 9.88 Å². The van der Waals surface area contributed by atoms with E-state index in [0.29, 0.717) is 4.34 Å². The highest BCUT2D eigenvalue weighted by molar-refractivity contribution is 7.20. The summed E-state index contributed by atoms with van der Waals surface area (Å²) < 4.78 is 0.554. The number of rotatable bonds is 5. The van der Waals surface area contributed by atoms with Crippen molar-refractivity contribution in [3.05, 3.63) is 20.3 Å². The van der Waals surface area contributed by atoms with Crippen molar-refractivity contribution in [2.45, 2.75) is 5.54 Å². The number of nitrogens with one attached hydrogen (secondary N) is 1. The molecule has 0 aromatic carbocycles. The Kier molecular flexibility index (Phi) is 5.18. The summed E-state index contributed by atoms with van der Waals surface area (Å²) in [7, 11) is 0. The van der Waals surface area contributed by atoms with Gasteiger partial charge in [0.2, 0.25) is 0 Å². The van der Waals surface area contributed by atoms with Crippen molar-refractivity contribution in [3.63, 3.8) is 0 Å². The van der Waals surface area contributed by atoms with E-state index in [4.69, 9.17) is 38.5 Å². The van der Waals surface area contributed by atoms with Gasteiger partial charge in [-0.3, -0.25) is 4.79 Å². The summed E-state index contributed by atoms with van der Waals surface area (Å²) in [6, 6.07) is 1.38. The largest absolute Gasteiger partial charge is 0.394 e. The Hall–Kier alpha value is -0.370. The van der Waals surface area contributed by atoms with Crippen LogP contribution in [0.25, 0.3) is 0 Å². The second-order valence-electron chi connectivity index (χ2n) is 3.45. The van der Waals surface area contributed by atoms with Gasteiger partial charge >= 0.3 is 0 Å². The second kappa shape index (κ2) is 5.99. The van der Waals surface area contributed by atoms with Crippen LogP contribution in [-0.4, -0.2) is 46.6 Å². The molecule has 1 amide bonds. The van der Waals surface area contributed by atoms with Gasteiger partial charge < -0.3 is 20.6 Å². The zero-order valence-corrected chi connectivity index (χ0v) is 10.9. The van der Waals surface area contributed by atoms with Crippen molar-refractivity contribution >= 4 is 40.4 Å². The Balaban J connectivity index is 2.88. The quantitative estimate of drug-likeness (QED) is 0.637. The van der Waals surface area contributed by atoms with Crippen LogP contribution in [0.5, 0.6) is 0 Å². The molecule has 5 nitrogen and oxygen atoms in total. The summed E-state index contributed by atoms with van der Waals surface area (Å²) in [5, 5.41) is 29.5. The number of carbonyl (C=O) groups excluding carboxylic acids is 1. The molecule has 0 saturated carbocycles. The number of halogens is 2. The number of amides is 1. The van der Waals surface area contributed by atoms with Crippen LogP contribution in [0.2, 0.25) is 8.67 Å². The highest BCUT2D eigenvalue weighted by Crippen LogP contribution is 2.31. The maximum atomic E-state index is 11.8. The van der Waals surface area contributed by atoms with Gasteiger partial charge in [0, 0.05) is 0 Å². The first-order valence-corrected chi connectivity index (χ1v) is 6.15. The smallest absolute Gasteiger partial charge is 0.254 e. The third-order valence-corrected chi connectivity index (χ3v) is 3.68. The van der Waals surface area contributed by atoms with Gasteiger partial charge in [0.05, 0.1) is 29.7 Å². The highest BCUT2D eigenvalue weighted by Gasteiger charge is 2.31. The fourth-order valence-corrected chi connectivity index (χ4v) is 2.53. The van der Waals surface area contributed by atoms with Gasteiger partial charge in [0.25, 0.3) is 5.91 Å². The molecule has 17 heavy (non-hydrogen) atoms. The van der Waals surface area contributed by atoms with E-state index in [1.54, 1.807) is 0 Å². The lowest BCUT2D eigenvalue weighted by atomic mass is 10.0. The Bertz CT molecular complexity index is 397. The first-order valence-electron chi connectivity index (χ1n) is 4.58. The third kappa shape index (κ3) is 3.31. The number of aliphatic hydroxyl groups is 3. The van der Waals surface area contributed by atoms with E-state index in [9.17, 15) is 4.79 Å². The van der Waals surface area contributed by atoms with Crippen molar-refractivity contribution in [2.75, 3.05) is 19.8 Å². The average molecular weight is 300 g/mol. The maximum absolute atomic E-state index is 11.8. The number of thiophene rings is 1. The molecule has 0 atom stereocenters. The Morgan fingerprint density at radius 2 is 1.82 bits per heavy atom. The topological polar surface area (TPSA) is 89.8 Å². The van der Waals surface area contributed by atoms with Gasteiger partial charge in [-0.1, -0.05) is 23.2 Å². The standard InChI is InChI=1S/C9H11Cl2NO4S/c10-6-1-5(7(11)17-6)8(16)12-9(2-13,3-14)4-15/h1,13-15H,2-4H2,(H,12,16). The van der Waals surface area contributed by atoms with Crippen LogP contribution in [0.15, 0.2) is 6.07 Å². The molecule has 1 aromatic rings. The minimum Gasteiger partial charge on any atom is -0.394 e. The maximum Gasteiger partial charge on any atom is 0.254 e. The molecular weight excluding hydrogens is 289 g/mol. The number of aliphatic hydroxyl groups excluding tert-OH is 3. The van der Waals surface area contributed by atoms with Crippen molar-refractivity contribution in [2.24, 2.45) is 0 Å². The molecule has 0 radical (unpaired) electrons. The van der Waals surface area contributed by atoms with Crippen molar-refractivity contribution in [1.82, 2.24) is 5.32 Å². The summed E-state index contributed by atoms with van der Waals surface area (Å²) in [6.07, 6.45) is 0. The normalized spacial score (nSPS) is 11.6. The summed E-state index contributed by atoms with van der Waals surface area (Å²) in [6.45, 7) is -1.79. The molecule has 0 spiro atoms. The fourth-order valence-electron chi connectivity index (χ4n) is 1.07. The molecule has 0 aliphatic rings. The molecule has 0 unspecified atom stereocenters. The van der Waals surface area contributed by atoms with Gasteiger partial charge in [0.15, 0.2) is 0 Å². The van der Waals surface area contributed by atoms with Crippen LogP contribution in [0.3, 0.4) is 0 Å². The minimum atomic E-state index is -1.48. The van der Waals surface area contributed by atoms with Crippen LogP contribution in [0.1, 0.15) is 10.4 Å². The first kappa shape index (κ1) is 14.7. The van der Waals surface area contributed by atoms with E-state index in [1.807, 2.05) is 0 Å². The molecule has 0 aliphatic heterocycles. The molecule has 1 aromatic heterocycles. The van der Waals surface area contributed by atoms with Crippen molar-refractivity contribution in [3.8, 4) is 0 Å². The van der Waals surface area contributed by atoms with Crippen LogP contribution >= 0.6 is 34.5 Å². The van der Waals surface area contributed by atoms with E-state index in [0.717, 1.165) is 11.3 Å². The van der Waals surface area contributed by atoms with Crippen LogP contribution in [0.4, 0.5) is 0 Å². The Morgan fingerprint density at radius 1 is 1.29 bits per heavy atom. The number of carbonyl (C=O) groups is 1. The highest BCUT2D eigenvalue weighted by atomic mass is 35.5. The van der Waals surface area contributed by atoms with Gasteiger partial charge in [-0.05, 0) is 6.07 Å². The van der Waals surface area contributed by atoms with Crippen molar-refractivity contribution < 1.29 is 20.1 Å². The predicted octanol–water partition coefficient (Wildman–Crippen LogP) is 0.500. The molecule has 0 fully saturated rings. The number of hydrogen-bond donors (Lipinski definition) is 4. The Labute approximate surface area is 112 Å². The van der Waals surface area contributed by atoms with E-state index in [1.165, 1.54) is 6.07 Å². The first-order chi connectivity index (χ1) is 7.98. The predicted molar refractivity (Wildman–Crippen MR) is 65.8 cm³/mol. The second-order valence-corrected chi connectivity index (χ2v) is 5.73. The van der Waals surface area contributed by atoms with Crippen LogP contribution in [-0.2, 0) is 0 Å². The monoisotopic (exact) mass is 299 g/mol. The molecule has 0 saturated heterocycles.